The van der Waals surface area contributed by atoms with Crippen molar-refractivity contribution < 1.29 is 19.1 Å². The Morgan fingerprint density at radius 3 is 2.54 bits per heavy atom. The summed E-state index contributed by atoms with van der Waals surface area (Å²) in [5.41, 5.74) is 2.15. The monoisotopic (exact) mass is 499 g/mol. The van der Waals surface area contributed by atoms with Gasteiger partial charge in [-0.3, -0.25) is 14.5 Å². The van der Waals surface area contributed by atoms with Crippen molar-refractivity contribution in [2.45, 2.75) is 45.3 Å². The lowest BCUT2D eigenvalue weighted by Crippen LogP contribution is -2.51. The third-order valence-corrected chi connectivity index (χ3v) is 6.58. The number of fused-ring (bicyclic) bond motifs is 2. The van der Waals surface area contributed by atoms with Gasteiger partial charge in [0.1, 0.15) is 18.1 Å². The van der Waals surface area contributed by atoms with Gasteiger partial charge in [0.2, 0.25) is 18.6 Å². The average molecular weight is 500 g/mol. The molecule has 1 aromatic heterocycles. The van der Waals surface area contributed by atoms with Crippen molar-refractivity contribution in [3.63, 3.8) is 0 Å². The highest BCUT2D eigenvalue weighted by atomic mass is 16.7. The number of nitrogens with zero attached hydrogens (tertiary/aromatic N) is 4. The summed E-state index contributed by atoms with van der Waals surface area (Å²) in [7, 11) is 0. The molecule has 1 aliphatic rings. The molecule has 37 heavy (non-hydrogen) atoms. The van der Waals surface area contributed by atoms with E-state index in [-0.39, 0.29) is 25.2 Å². The molecular formula is C28H29N5O4. The number of para-hydroxylation sites is 1. The highest BCUT2D eigenvalue weighted by Gasteiger charge is 2.36. The summed E-state index contributed by atoms with van der Waals surface area (Å²) in [5.74, 6) is 0.495. The molecule has 0 saturated heterocycles. The number of ether oxygens (including phenoxy) is 2. The number of nitrogens with one attached hydrogen (secondary N) is 1. The van der Waals surface area contributed by atoms with Crippen molar-refractivity contribution in [1.29, 1.82) is 0 Å². The number of hydrogen-bond donors (Lipinski definition) is 1. The fraction of sp³-hybridized carbons (Fsp3) is 0.286. The molecule has 3 aromatic carbocycles. The zero-order valence-electron chi connectivity index (χ0n) is 21.0. The Labute approximate surface area is 215 Å². The lowest BCUT2D eigenvalue weighted by Gasteiger charge is -2.34. The van der Waals surface area contributed by atoms with Gasteiger partial charge in [0.05, 0.1) is 5.52 Å². The highest BCUT2D eigenvalue weighted by molar-refractivity contribution is 6.02. The summed E-state index contributed by atoms with van der Waals surface area (Å²) in [6.07, 6.45) is 0.725. The molecule has 0 bridgehead atoms. The van der Waals surface area contributed by atoms with Crippen LogP contribution in [0.25, 0.3) is 11.0 Å². The largest absolute Gasteiger partial charge is 0.454 e. The molecule has 9 heteroatoms. The molecular weight excluding hydrogens is 470 g/mol. The minimum absolute atomic E-state index is 0.102. The van der Waals surface area contributed by atoms with Crippen LogP contribution in [0.5, 0.6) is 11.5 Å². The first-order chi connectivity index (χ1) is 17.9. The minimum atomic E-state index is -0.935. The lowest BCUT2D eigenvalue weighted by atomic mass is 9.98. The van der Waals surface area contributed by atoms with Crippen LogP contribution in [0.15, 0.2) is 72.8 Å². The van der Waals surface area contributed by atoms with E-state index in [9.17, 15) is 9.59 Å². The normalized spacial score (nSPS) is 13.4. The average Bonchev–Trinajstić information content (AvgIpc) is 3.54. The van der Waals surface area contributed by atoms with Crippen LogP contribution in [-0.2, 0) is 16.1 Å². The van der Waals surface area contributed by atoms with Crippen molar-refractivity contribution in [3.8, 4) is 11.5 Å². The molecule has 4 aromatic rings. The predicted molar refractivity (Wildman–Crippen MR) is 139 cm³/mol. The first kappa shape index (κ1) is 24.3. The van der Waals surface area contributed by atoms with Gasteiger partial charge >= 0.3 is 0 Å². The zero-order chi connectivity index (χ0) is 26.0. The Kier molecular flexibility index (Phi) is 6.52. The first-order valence-electron chi connectivity index (χ1n) is 12.2. The summed E-state index contributed by atoms with van der Waals surface area (Å²) in [6, 6.07) is 21.0. The molecule has 0 radical (unpaired) electrons. The Morgan fingerprint density at radius 2 is 1.76 bits per heavy atom. The van der Waals surface area contributed by atoms with E-state index in [1.165, 1.54) is 4.90 Å². The number of anilines is 1. The van der Waals surface area contributed by atoms with Crippen LogP contribution in [-0.4, -0.2) is 39.1 Å². The van der Waals surface area contributed by atoms with Gasteiger partial charge in [-0.15, -0.1) is 5.10 Å². The van der Waals surface area contributed by atoms with Crippen LogP contribution in [0.4, 0.5) is 5.69 Å². The fourth-order valence-corrected chi connectivity index (χ4v) is 4.25. The number of amides is 2. The van der Waals surface area contributed by atoms with Gasteiger partial charge in [0.15, 0.2) is 11.5 Å². The van der Waals surface area contributed by atoms with E-state index in [2.05, 4.69) is 15.6 Å². The van der Waals surface area contributed by atoms with Gasteiger partial charge in [-0.25, -0.2) is 4.68 Å². The molecule has 190 valence electrons. The van der Waals surface area contributed by atoms with Gasteiger partial charge in [0.25, 0.3) is 0 Å². The molecule has 9 nitrogen and oxygen atoms in total. The second-order valence-electron chi connectivity index (χ2n) is 9.58. The van der Waals surface area contributed by atoms with E-state index in [0.717, 1.165) is 11.9 Å². The van der Waals surface area contributed by atoms with E-state index in [0.29, 0.717) is 28.3 Å². The van der Waals surface area contributed by atoms with E-state index >= 15 is 0 Å². The molecule has 2 heterocycles. The second kappa shape index (κ2) is 9.93. The quantitative estimate of drug-likeness (QED) is 0.389. The number of benzene rings is 3. The standard InChI is InChI=1S/C28H29N5O4/c1-4-28(2,3)29-27(35)26(19-10-6-5-7-11-19)33(20-14-15-23-24(16-20)37-18-36-23)25(34)17-32-22-13-9-8-12-21(22)30-31-32/h5-16,26H,4,17-18H2,1-3H3,(H,29,35). The van der Waals surface area contributed by atoms with Crippen LogP contribution in [0.3, 0.4) is 0 Å². The third-order valence-electron chi connectivity index (χ3n) is 6.58. The molecule has 0 fully saturated rings. The van der Waals surface area contributed by atoms with Crippen LogP contribution in [0, 0.1) is 0 Å². The zero-order valence-corrected chi connectivity index (χ0v) is 21.0. The molecule has 0 saturated carbocycles. The molecule has 0 spiro atoms. The second-order valence-corrected chi connectivity index (χ2v) is 9.58. The van der Waals surface area contributed by atoms with Crippen molar-refractivity contribution >= 4 is 28.5 Å². The summed E-state index contributed by atoms with van der Waals surface area (Å²) in [5, 5.41) is 11.5. The number of hydrogen-bond acceptors (Lipinski definition) is 6. The Hall–Kier alpha value is -4.40. The van der Waals surface area contributed by atoms with E-state index < -0.39 is 11.6 Å². The highest BCUT2D eigenvalue weighted by Crippen LogP contribution is 2.38. The van der Waals surface area contributed by atoms with Gasteiger partial charge in [-0.2, -0.15) is 0 Å². The SMILES string of the molecule is CCC(C)(C)NC(=O)C(c1ccccc1)N(C(=O)Cn1nnc2ccccc21)c1ccc2c(c1)OCO2. The molecule has 2 amide bonds. The van der Waals surface area contributed by atoms with E-state index in [4.69, 9.17) is 9.47 Å². The molecule has 0 aliphatic carbocycles. The molecule has 1 aliphatic heterocycles. The van der Waals surface area contributed by atoms with Crippen molar-refractivity contribution in [1.82, 2.24) is 20.3 Å². The van der Waals surface area contributed by atoms with Crippen molar-refractivity contribution in [3.05, 3.63) is 78.4 Å². The maximum atomic E-state index is 14.1. The Morgan fingerprint density at radius 1 is 1.03 bits per heavy atom. The summed E-state index contributed by atoms with van der Waals surface area (Å²) >= 11 is 0. The first-order valence-corrected chi connectivity index (χ1v) is 12.2. The number of rotatable bonds is 8. The van der Waals surface area contributed by atoms with Crippen molar-refractivity contribution in [2.24, 2.45) is 0 Å². The third kappa shape index (κ3) is 4.97. The van der Waals surface area contributed by atoms with Crippen LogP contribution in [0.1, 0.15) is 38.8 Å². The maximum Gasteiger partial charge on any atom is 0.249 e. The van der Waals surface area contributed by atoms with Crippen LogP contribution >= 0.6 is 0 Å². The van der Waals surface area contributed by atoms with Gasteiger partial charge in [-0.1, -0.05) is 54.6 Å². The molecule has 1 N–H and O–H groups in total. The van der Waals surface area contributed by atoms with E-state index in [1.54, 1.807) is 22.9 Å². The van der Waals surface area contributed by atoms with Gasteiger partial charge < -0.3 is 14.8 Å². The fourth-order valence-electron chi connectivity index (χ4n) is 4.25. The summed E-state index contributed by atoms with van der Waals surface area (Å²) in [6.45, 7) is 5.92. The maximum absolute atomic E-state index is 14.1. The summed E-state index contributed by atoms with van der Waals surface area (Å²) in [4.78, 5) is 29.5. The number of carbonyl (C=O) groups is 2. The Bertz CT molecular complexity index is 1430. The lowest BCUT2D eigenvalue weighted by molar-refractivity contribution is -0.128. The molecule has 5 rings (SSSR count). The van der Waals surface area contributed by atoms with E-state index in [1.807, 2.05) is 75.4 Å². The van der Waals surface area contributed by atoms with Gasteiger partial charge in [-0.05, 0) is 50.1 Å². The van der Waals surface area contributed by atoms with Crippen molar-refractivity contribution in [2.75, 3.05) is 11.7 Å². The molecule has 1 atom stereocenters. The number of aromatic nitrogens is 3. The van der Waals surface area contributed by atoms with Crippen LogP contribution < -0.4 is 19.7 Å². The predicted octanol–water partition coefficient (Wildman–Crippen LogP) is 4.24. The smallest absolute Gasteiger partial charge is 0.249 e. The Balaban J connectivity index is 1.60. The minimum Gasteiger partial charge on any atom is -0.454 e. The van der Waals surface area contributed by atoms with Gasteiger partial charge in [0, 0.05) is 17.3 Å². The summed E-state index contributed by atoms with van der Waals surface area (Å²) < 4.78 is 12.6. The van der Waals surface area contributed by atoms with Crippen LogP contribution in [0.2, 0.25) is 0 Å². The number of carbonyl (C=O) groups excluding carboxylic acids is 2. The topological polar surface area (TPSA) is 98.6 Å². The molecule has 1 unspecified atom stereocenters.